The Morgan fingerprint density at radius 1 is 1.00 bits per heavy atom. The van der Waals surface area contributed by atoms with Crippen molar-refractivity contribution in [2.75, 3.05) is 17.7 Å². The van der Waals surface area contributed by atoms with Gasteiger partial charge in [0.1, 0.15) is 11.4 Å². The number of amides is 1. The molecule has 0 atom stereocenters. The van der Waals surface area contributed by atoms with Crippen molar-refractivity contribution in [1.82, 2.24) is 4.98 Å². The molecule has 2 aromatic carbocycles. The molecule has 3 aromatic rings. The van der Waals surface area contributed by atoms with E-state index in [4.69, 9.17) is 4.74 Å². The van der Waals surface area contributed by atoms with Gasteiger partial charge in [-0.3, -0.25) is 4.79 Å². The number of carbonyl (C=O) groups excluding carboxylic acids is 1. The van der Waals surface area contributed by atoms with Gasteiger partial charge < -0.3 is 15.4 Å². The Kier molecular flexibility index (Phi) is 6.17. The van der Waals surface area contributed by atoms with Crippen LogP contribution in [0.5, 0.6) is 5.75 Å². The van der Waals surface area contributed by atoms with E-state index in [1.165, 1.54) is 0 Å². The van der Waals surface area contributed by atoms with E-state index in [0.29, 0.717) is 12.2 Å². The van der Waals surface area contributed by atoms with Gasteiger partial charge in [0.15, 0.2) is 0 Å². The molecule has 3 rings (SSSR count). The summed E-state index contributed by atoms with van der Waals surface area (Å²) in [6.45, 7) is 6.98. The highest BCUT2D eigenvalue weighted by Gasteiger charge is 2.19. The van der Waals surface area contributed by atoms with Crippen molar-refractivity contribution in [1.29, 1.82) is 0 Å². The summed E-state index contributed by atoms with van der Waals surface area (Å²) in [5, 5.41) is 6.29. The van der Waals surface area contributed by atoms with Crippen LogP contribution in [0.15, 0.2) is 66.9 Å². The number of nitrogens with one attached hydrogen (secondary N) is 2. The smallest absolute Gasteiger partial charge is 0.274 e. The molecule has 1 aromatic heterocycles. The molecule has 0 aliphatic heterocycles. The standard InChI is InChI=1S/C24H27N3O2/c1-24(2,3)19-10-6-7-11-20(19)27-23(28)21-14-13-18(16-26-21)25-15-17-9-5-8-12-22(17)29-4/h5-14,16,25H,15H2,1-4H3,(H,27,28). The molecule has 0 aliphatic rings. The number of aromatic nitrogens is 1. The van der Waals surface area contributed by atoms with E-state index in [-0.39, 0.29) is 11.3 Å². The third kappa shape index (κ3) is 5.13. The van der Waals surface area contributed by atoms with Gasteiger partial charge in [-0.05, 0) is 35.2 Å². The molecule has 29 heavy (non-hydrogen) atoms. The molecule has 0 aliphatic carbocycles. The first-order chi connectivity index (χ1) is 13.9. The largest absolute Gasteiger partial charge is 0.496 e. The Hall–Kier alpha value is -3.34. The minimum absolute atomic E-state index is 0.0659. The van der Waals surface area contributed by atoms with E-state index >= 15 is 0 Å². The van der Waals surface area contributed by atoms with Gasteiger partial charge in [0, 0.05) is 17.8 Å². The average molecular weight is 389 g/mol. The van der Waals surface area contributed by atoms with E-state index in [1.807, 2.05) is 54.6 Å². The predicted molar refractivity (Wildman–Crippen MR) is 118 cm³/mol. The fraction of sp³-hybridized carbons (Fsp3) is 0.250. The lowest BCUT2D eigenvalue weighted by molar-refractivity contribution is 0.102. The number of carbonyl (C=O) groups is 1. The normalized spacial score (nSPS) is 11.0. The van der Waals surface area contributed by atoms with E-state index in [0.717, 1.165) is 28.3 Å². The van der Waals surface area contributed by atoms with Gasteiger partial charge >= 0.3 is 0 Å². The van der Waals surface area contributed by atoms with Crippen molar-refractivity contribution in [3.05, 3.63) is 83.7 Å². The molecule has 5 heteroatoms. The van der Waals surface area contributed by atoms with Crippen LogP contribution in [0.4, 0.5) is 11.4 Å². The monoisotopic (exact) mass is 389 g/mol. The van der Waals surface area contributed by atoms with E-state index in [2.05, 4.69) is 36.4 Å². The minimum Gasteiger partial charge on any atom is -0.496 e. The Morgan fingerprint density at radius 3 is 2.41 bits per heavy atom. The molecule has 0 radical (unpaired) electrons. The van der Waals surface area contributed by atoms with Crippen molar-refractivity contribution in [2.24, 2.45) is 0 Å². The van der Waals surface area contributed by atoms with Crippen LogP contribution in [0.3, 0.4) is 0 Å². The number of para-hydroxylation sites is 2. The second-order valence-electron chi connectivity index (χ2n) is 7.85. The van der Waals surface area contributed by atoms with Gasteiger partial charge in [-0.25, -0.2) is 4.98 Å². The SMILES string of the molecule is COc1ccccc1CNc1ccc(C(=O)Nc2ccccc2C(C)(C)C)nc1. The lowest BCUT2D eigenvalue weighted by Gasteiger charge is -2.22. The summed E-state index contributed by atoms with van der Waals surface area (Å²) in [5.41, 5.74) is 4.09. The maximum Gasteiger partial charge on any atom is 0.274 e. The summed E-state index contributed by atoms with van der Waals surface area (Å²) in [7, 11) is 1.66. The van der Waals surface area contributed by atoms with Crippen LogP contribution in [0, 0.1) is 0 Å². The molecular weight excluding hydrogens is 362 g/mol. The molecule has 150 valence electrons. The third-order valence-electron chi connectivity index (χ3n) is 4.65. The van der Waals surface area contributed by atoms with Gasteiger partial charge in [-0.2, -0.15) is 0 Å². The zero-order valence-electron chi connectivity index (χ0n) is 17.3. The topological polar surface area (TPSA) is 63.2 Å². The van der Waals surface area contributed by atoms with Gasteiger partial charge in [0.25, 0.3) is 5.91 Å². The first-order valence-electron chi connectivity index (χ1n) is 9.61. The number of pyridine rings is 1. The average Bonchev–Trinajstić information content (AvgIpc) is 2.72. The molecule has 0 spiro atoms. The molecule has 1 amide bonds. The van der Waals surface area contributed by atoms with Crippen molar-refractivity contribution in [3.63, 3.8) is 0 Å². The fourth-order valence-electron chi connectivity index (χ4n) is 3.11. The number of methoxy groups -OCH3 is 1. The summed E-state index contributed by atoms with van der Waals surface area (Å²) in [4.78, 5) is 17.0. The summed E-state index contributed by atoms with van der Waals surface area (Å²) >= 11 is 0. The third-order valence-corrected chi connectivity index (χ3v) is 4.65. The number of ether oxygens (including phenoxy) is 1. The van der Waals surface area contributed by atoms with Crippen LogP contribution >= 0.6 is 0 Å². The van der Waals surface area contributed by atoms with Crippen LogP contribution in [0.25, 0.3) is 0 Å². The molecule has 0 saturated carbocycles. The first-order valence-corrected chi connectivity index (χ1v) is 9.61. The van der Waals surface area contributed by atoms with Crippen LogP contribution in [0.1, 0.15) is 42.4 Å². The first kappa shape index (κ1) is 20.4. The quantitative estimate of drug-likeness (QED) is 0.604. The van der Waals surface area contributed by atoms with Crippen LogP contribution in [-0.4, -0.2) is 18.0 Å². The van der Waals surface area contributed by atoms with Crippen molar-refractivity contribution < 1.29 is 9.53 Å². The van der Waals surface area contributed by atoms with Crippen LogP contribution < -0.4 is 15.4 Å². The van der Waals surface area contributed by atoms with E-state index in [1.54, 1.807) is 19.4 Å². The molecule has 2 N–H and O–H groups in total. The molecule has 1 heterocycles. The molecular formula is C24H27N3O2. The summed E-state index contributed by atoms with van der Waals surface area (Å²) < 4.78 is 5.37. The highest BCUT2D eigenvalue weighted by Crippen LogP contribution is 2.29. The van der Waals surface area contributed by atoms with Crippen molar-refractivity contribution >= 4 is 17.3 Å². The number of nitrogens with zero attached hydrogens (tertiary/aromatic N) is 1. The zero-order valence-corrected chi connectivity index (χ0v) is 17.3. The van der Waals surface area contributed by atoms with Gasteiger partial charge in [0.05, 0.1) is 19.0 Å². The molecule has 0 bridgehead atoms. The van der Waals surface area contributed by atoms with E-state index in [9.17, 15) is 4.79 Å². The number of rotatable bonds is 6. The summed E-state index contributed by atoms with van der Waals surface area (Å²) in [6.07, 6.45) is 1.67. The number of hydrogen-bond acceptors (Lipinski definition) is 4. The molecule has 0 fully saturated rings. The van der Waals surface area contributed by atoms with Gasteiger partial charge in [0.2, 0.25) is 0 Å². The van der Waals surface area contributed by atoms with Crippen LogP contribution in [0.2, 0.25) is 0 Å². The zero-order chi connectivity index (χ0) is 20.9. The highest BCUT2D eigenvalue weighted by molar-refractivity contribution is 6.03. The fourth-order valence-corrected chi connectivity index (χ4v) is 3.11. The second-order valence-corrected chi connectivity index (χ2v) is 7.85. The molecule has 0 unspecified atom stereocenters. The lowest BCUT2D eigenvalue weighted by atomic mass is 9.86. The lowest BCUT2D eigenvalue weighted by Crippen LogP contribution is -2.19. The van der Waals surface area contributed by atoms with E-state index < -0.39 is 0 Å². The Labute approximate surface area is 172 Å². The Bertz CT molecular complexity index is 976. The molecule has 0 saturated heterocycles. The van der Waals surface area contributed by atoms with Gasteiger partial charge in [-0.1, -0.05) is 57.2 Å². The summed E-state index contributed by atoms with van der Waals surface area (Å²) in [5.74, 6) is 0.611. The van der Waals surface area contributed by atoms with Gasteiger partial charge in [-0.15, -0.1) is 0 Å². The predicted octanol–water partition coefficient (Wildman–Crippen LogP) is 5.25. The van der Waals surface area contributed by atoms with Crippen LogP contribution in [-0.2, 0) is 12.0 Å². The Balaban J connectivity index is 1.67. The maximum absolute atomic E-state index is 12.7. The van der Waals surface area contributed by atoms with Crippen molar-refractivity contribution in [3.8, 4) is 5.75 Å². The number of hydrogen-bond donors (Lipinski definition) is 2. The summed E-state index contributed by atoms with van der Waals surface area (Å²) in [6, 6.07) is 19.3. The second kappa shape index (κ2) is 8.78. The molecule has 5 nitrogen and oxygen atoms in total. The number of anilines is 2. The number of benzene rings is 2. The maximum atomic E-state index is 12.7. The minimum atomic E-state index is -0.224. The highest BCUT2D eigenvalue weighted by atomic mass is 16.5. The van der Waals surface area contributed by atoms with Crippen molar-refractivity contribution in [2.45, 2.75) is 32.7 Å². The Morgan fingerprint density at radius 2 is 1.72 bits per heavy atom.